The van der Waals surface area contributed by atoms with Gasteiger partial charge >= 0.3 is 0 Å². The Morgan fingerprint density at radius 2 is 2.13 bits per heavy atom. The van der Waals surface area contributed by atoms with E-state index in [1.165, 1.54) is 6.07 Å². The van der Waals surface area contributed by atoms with Gasteiger partial charge in [0.2, 0.25) is 0 Å². The van der Waals surface area contributed by atoms with Crippen LogP contribution in [0.4, 0.5) is 4.39 Å². The average Bonchev–Trinajstić information content (AvgIpc) is 2.20. The molecule has 0 fully saturated rings. The first kappa shape index (κ1) is 12.5. The van der Waals surface area contributed by atoms with Crippen molar-refractivity contribution in [3.8, 4) is 0 Å². The number of halogens is 1. The van der Waals surface area contributed by atoms with Crippen LogP contribution < -0.4 is 5.73 Å². The topological polar surface area (TPSA) is 26.0 Å². The van der Waals surface area contributed by atoms with E-state index in [0.29, 0.717) is 11.5 Å². The lowest BCUT2D eigenvalue weighted by molar-refractivity contribution is 0.610. The summed E-state index contributed by atoms with van der Waals surface area (Å²) in [4.78, 5) is 0. The third-order valence-electron chi connectivity index (χ3n) is 2.05. The molecule has 1 rings (SSSR count). The molecule has 2 N–H and O–H groups in total. The lowest BCUT2D eigenvalue weighted by atomic mass is 10.1. The second-order valence-electron chi connectivity index (χ2n) is 4.04. The van der Waals surface area contributed by atoms with Gasteiger partial charge in [-0.2, -0.15) is 11.8 Å². The Labute approximate surface area is 95.2 Å². The maximum Gasteiger partial charge on any atom is 0.127 e. The highest BCUT2D eigenvalue weighted by molar-refractivity contribution is 7.98. The molecular weight excluding hydrogens is 209 g/mol. The molecule has 1 nitrogen and oxygen atoms in total. The van der Waals surface area contributed by atoms with E-state index in [0.717, 1.165) is 17.1 Å². The second kappa shape index (κ2) is 6.13. The molecule has 0 spiro atoms. The number of hydrogen-bond acceptors (Lipinski definition) is 2. The van der Waals surface area contributed by atoms with Crippen molar-refractivity contribution in [1.29, 1.82) is 0 Å². The molecule has 84 valence electrons. The molecule has 1 aromatic rings. The van der Waals surface area contributed by atoms with Crippen molar-refractivity contribution < 1.29 is 4.39 Å². The van der Waals surface area contributed by atoms with Gasteiger partial charge in [-0.05, 0) is 23.3 Å². The number of benzene rings is 1. The van der Waals surface area contributed by atoms with Crippen molar-refractivity contribution in [2.24, 2.45) is 11.7 Å². The van der Waals surface area contributed by atoms with Crippen LogP contribution in [0.1, 0.15) is 25.0 Å². The Morgan fingerprint density at radius 1 is 1.40 bits per heavy atom. The van der Waals surface area contributed by atoms with Gasteiger partial charge in [0.1, 0.15) is 5.82 Å². The minimum absolute atomic E-state index is 0.199. The van der Waals surface area contributed by atoms with Gasteiger partial charge in [-0.15, -0.1) is 0 Å². The van der Waals surface area contributed by atoms with E-state index in [1.54, 1.807) is 0 Å². The van der Waals surface area contributed by atoms with E-state index in [-0.39, 0.29) is 12.4 Å². The van der Waals surface area contributed by atoms with Gasteiger partial charge in [0, 0.05) is 17.9 Å². The Bertz CT molecular complexity index is 312. The van der Waals surface area contributed by atoms with Gasteiger partial charge < -0.3 is 5.73 Å². The normalized spacial score (nSPS) is 11.0. The zero-order valence-electron chi connectivity index (χ0n) is 9.29. The SMILES string of the molecule is CC(C)CSCc1ccc(F)c(CN)c1. The molecule has 0 heterocycles. The fourth-order valence-electron chi connectivity index (χ4n) is 1.29. The number of rotatable bonds is 5. The third kappa shape index (κ3) is 4.22. The predicted octanol–water partition coefficient (Wildman–Crippen LogP) is 3.17. The van der Waals surface area contributed by atoms with E-state index in [2.05, 4.69) is 13.8 Å². The van der Waals surface area contributed by atoms with Crippen LogP contribution in [0.15, 0.2) is 18.2 Å². The molecule has 0 unspecified atom stereocenters. The Morgan fingerprint density at radius 3 is 2.73 bits per heavy atom. The van der Waals surface area contributed by atoms with Gasteiger partial charge in [0.25, 0.3) is 0 Å². The Hall–Kier alpha value is -0.540. The first-order valence-corrected chi connectivity index (χ1v) is 6.34. The van der Waals surface area contributed by atoms with Gasteiger partial charge in [-0.1, -0.05) is 26.0 Å². The smallest absolute Gasteiger partial charge is 0.127 e. The lowest BCUT2D eigenvalue weighted by Crippen LogP contribution is -2.00. The molecule has 1 aromatic carbocycles. The van der Waals surface area contributed by atoms with Crippen LogP contribution in [0.3, 0.4) is 0 Å². The molecule has 0 saturated heterocycles. The molecule has 15 heavy (non-hydrogen) atoms. The summed E-state index contributed by atoms with van der Waals surface area (Å²) in [5, 5.41) is 0. The standard InChI is InChI=1S/C12H18FNS/c1-9(2)7-15-8-10-3-4-12(13)11(5-10)6-14/h3-5,9H,6-8,14H2,1-2H3. The van der Waals surface area contributed by atoms with Crippen molar-refractivity contribution in [3.63, 3.8) is 0 Å². The van der Waals surface area contributed by atoms with Crippen LogP contribution in [0, 0.1) is 11.7 Å². The predicted molar refractivity (Wildman–Crippen MR) is 65.3 cm³/mol. The molecule has 0 bridgehead atoms. The second-order valence-corrected chi connectivity index (χ2v) is 5.07. The zero-order chi connectivity index (χ0) is 11.3. The molecule has 0 amide bonds. The van der Waals surface area contributed by atoms with Gasteiger partial charge in [-0.25, -0.2) is 4.39 Å². The zero-order valence-corrected chi connectivity index (χ0v) is 10.1. The maximum absolute atomic E-state index is 13.1. The molecule has 0 atom stereocenters. The van der Waals surface area contributed by atoms with E-state index >= 15 is 0 Å². The molecular formula is C12H18FNS. The molecule has 0 aliphatic carbocycles. The van der Waals surface area contributed by atoms with Crippen molar-refractivity contribution in [1.82, 2.24) is 0 Å². The maximum atomic E-state index is 13.1. The Kier molecular flexibility index (Phi) is 5.12. The Balaban J connectivity index is 2.54. The largest absolute Gasteiger partial charge is 0.326 e. The van der Waals surface area contributed by atoms with Gasteiger partial charge in [0.05, 0.1) is 0 Å². The third-order valence-corrected chi connectivity index (χ3v) is 3.49. The molecule has 0 saturated carbocycles. The highest BCUT2D eigenvalue weighted by atomic mass is 32.2. The fraction of sp³-hybridized carbons (Fsp3) is 0.500. The summed E-state index contributed by atoms with van der Waals surface area (Å²) in [6, 6.07) is 5.21. The summed E-state index contributed by atoms with van der Waals surface area (Å²) < 4.78 is 13.1. The minimum atomic E-state index is -0.199. The molecule has 0 aliphatic heterocycles. The summed E-state index contributed by atoms with van der Waals surface area (Å²) in [5.41, 5.74) is 7.21. The fourth-order valence-corrected chi connectivity index (χ4v) is 2.29. The van der Waals surface area contributed by atoms with Crippen LogP contribution in [0.25, 0.3) is 0 Å². The van der Waals surface area contributed by atoms with Crippen molar-refractivity contribution in [2.75, 3.05) is 5.75 Å². The molecule has 0 aromatic heterocycles. The lowest BCUT2D eigenvalue weighted by Gasteiger charge is -2.06. The highest BCUT2D eigenvalue weighted by Gasteiger charge is 2.02. The summed E-state index contributed by atoms with van der Waals surface area (Å²) in [6.07, 6.45) is 0. The van der Waals surface area contributed by atoms with Crippen molar-refractivity contribution in [2.45, 2.75) is 26.1 Å². The van der Waals surface area contributed by atoms with Crippen LogP contribution in [-0.4, -0.2) is 5.75 Å². The molecule has 3 heteroatoms. The summed E-state index contributed by atoms with van der Waals surface area (Å²) >= 11 is 1.88. The van der Waals surface area contributed by atoms with Gasteiger partial charge in [-0.3, -0.25) is 0 Å². The van der Waals surface area contributed by atoms with Crippen LogP contribution in [-0.2, 0) is 12.3 Å². The quantitative estimate of drug-likeness (QED) is 0.836. The first-order valence-electron chi connectivity index (χ1n) is 5.18. The first-order chi connectivity index (χ1) is 7.13. The molecule has 0 radical (unpaired) electrons. The number of nitrogens with two attached hydrogens (primary N) is 1. The minimum Gasteiger partial charge on any atom is -0.326 e. The van der Waals surface area contributed by atoms with Crippen molar-refractivity contribution in [3.05, 3.63) is 35.1 Å². The summed E-state index contributed by atoms with van der Waals surface area (Å²) in [5.74, 6) is 2.57. The monoisotopic (exact) mass is 227 g/mol. The van der Waals surface area contributed by atoms with E-state index in [1.807, 2.05) is 23.9 Å². The van der Waals surface area contributed by atoms with E-state index in [9.17, 15) is 4.39 Å². The van der Waals surface area contributed by atoms with Gasteiger partial charge in [0.15, 0.2) is 0 Å². The van der Waals surface area contributed by atoms with Crippen LogP contribution >= 0.6 is 11.8 Å². The van der Waals surface area contributed by atoms with Crippen molar-refractivity contribution >= 4 is 11.8 Å². The number of hydrogen-bond donors (Lipinski definition) is 1. The average molecular weight is 227 g/mol. The van der Waals surface area contributed by atoms with E-state index < -0.39 is 0 Å². The van der Waals surface area contributed by atoms with Crippen LogP contribution in [0.5, 0.6) is 0 Å². The molecule has 0 aliphatic rings. The summed E-state index contributed by atoms with van der Waals surface area (Å²) in [7, 11) is 0. The number of thioether (sulfide) groups is 1. The van der Waals surface area contributed by atoms with E-state index in [4.69, 9.17) is 5.73 Å². The van der Waals surface area contributed by atoms with Crippen LogP contribution in [0.2, 0.25) is 0 Å². The summed E-state index contributed by atoms with van der Waals surface area (Å²) in [6.45, 7) is 4.67. The highest BCUT2D eigenvalue weighted by Crippen LogP contribution is 2.17.